The zero-order valence-corrected chi connectivity index (χ0v) is 18.7. The summed E-state index contributed by atoms with van der Waals surface area (Å²) >= 11 is 2.15. The quantitative estimate of drug-likeness (QED) is 0.475. The summed E-state index contributed by atoms with van der Waals surface area (Å²) in [5.74, 6) is 0.793. The number of amides is 1. The van der Waals surface area contributed by atoms with Crippen molar-refractivity contribution in [2.24, 2.45) is 0 Å². The Balaban J connectivity index is 1.80. The molecule has 0 spiro atoms. The Labute approximate surface area is 185 Å². The molecule has 3 aromatic heterocycles. The summed E-state index contributed by atoms with van der Waals surface area (Å²) in [7, 11) is 0. The summed E-state index contributed by atoms with van der Waals surface area (Å²) in [5, 5.41) is 13.6. The number of fused-ring (bicyclic) bond motifs is 1. The van der Waals surface area contributed by atoms with E-state index >= 15 is 0 Å². The zero-order chi connectivity index (χ0) is 21.4. The molecule has 10 nitrogen and oxygen atoms in total. The highest BCUT2D eigenvalue weighted by Crippen LogP contribution is 2.30. The van der Waals surface area contributed by atoms with Crippen molar-refractivity contribution in [1.29, 1.82) is 0 Å². The van der Waals surface area contributed by atoms with Crippen LogP contribution in [0.4, 0.5) is 4.79 Å². The molecule has 0 unspecified atom stereocenters. The van der Waals surface area contributed by atoms with E-state index in [0.29, 0.717) is 48.9 Å². The van der Waals surface area contributed by atoms with Gasteiger partial charge in [-0.15, -0.1) is 0 Å². The molecule has 158 valence electrons. The van der Waals surface area contributed by atoms with Crippen LogP contribution in [0.15, 0.2) is 17.1 Å². The molecule has 0 bridgehead atoms. The molecule has 0 aliphatic carbocycles. The topological polar surface area (TPSA) is 126 Å². The van der Waals surface area contributed by atoms with Gasteiger partial charge in [0.05, 0.1) is 23.9 Å². The first-order valence-electron chi connectivity index (χ1n) is 9.70. The van der Waals surface area contributed by atoms with E-state index in [-0.39, 0.29) is 17.1 Å². The van der Waals surface area contributed by atoms with Gasteiger partial charge in [-0.2, -0.15) is 5.10 Å². The Morgan fingerprint density at radius 1 is 1.37 bits per heavy atom. The van der Waals surface area contributed by atoms with Crippen LogP contribution in [0.2, 0.25) is 0 Å². The molecule has 3 aromatic rings. The van der Waals surface area contributed by atoms with E-state index in [2.05, 4.69) is 37.7 Å². The molecule has 4 rings (SSSR count). The van der Waals surface area contributed by atoms with Crippen molar-refractivity contribution < 1.29 is 14.6 Å². The number of hydrogen-bond acceptors (Lipinski definition) is 6. The highest BCUT2D eigenvalue weighted by atomic mass is 127. The second kappa shape index (κ2) is 8.20. The number of hydrogen-bond donors (Lipinski definition) is 2. The fourth-order valence-corrected chi connectivity index (χ4v) is 3.92. The van der Waals surface area contributed by atoms with Crippen LogP contribution >= 0.6 is 22.6 Å². The Morgan fingerprint density at radius 3 is 2.80 bits per heavy atom. The highest BCUT2D eigenvalue weighted by Gasteiger charge is 2.34. The summed E-state index contributed by atoms with van der Waals surface area (Å²) in [6.45, 7) is 5.17. The van der Waals surface area contributed by atoms with E-state index in [1.165, 1.54) is 4.90 Å². The van der Waals surface area contributed by atoms with E-state index in [1.54, 1.807) is 10.9 Å². The summed E-state index contributed by atoms with van der Waals surface area (Å²) in [5.41, 5.74) is 1.84. The number of rotatable bonds is 6. The van der Waals surface area contributed by atoms with Gasteiger partial charge in [-0.3, -0.25) is 9.48 Å². The number of nitrogens with zero attached hydrogens (tertiary/aromatic N) is 5. The molecule has 4 heterocycles. The van der Waals surface area contributed by atoms with E-state index in [9.17, 15) is 9.59 Å². The largest absolute Gasteiger partial charge is 0.477 e. The molecular weight excluding hydrogens is 503 g/mol. The molecule has 11 heteroatoms. The van der Waals surface area contributed by atoms with Crippen LogP contribution in [0.25, 0.3) is 22.4 Å². The smallest absolute Gasteiger partial charge is 0.407 e. The Kier molecular flexibility index (Phi) is 5.62. The van der Waals surface area contributed by atoms with Crippen LogP contribution in [-0.4, -0.2) is 60.5 Å². The molecule has 1 aliphatic heterocycles. The van der Waals surface area contributed by atoms with E-state index < -0.39 is 6.09 Å². The van der Waals surface area contributed by atoms with Gasteiger partial charge in [-0.05, 0) is 41.5 Å². The lowest BCUT2D eigenvalue weighted by Gasteiger charge is -2.37. The van der Waals surface area contributed by atoms with Gasteiger partial charge in [-0.1, -0.05) is 13.8 Å². The maximum absolute atomic E-state index is 12.8. The van der Waals surface area contributed by atoms with Crippen LogP contribution in [0.1, 0.15) is 32.0 Å². The average Bonchev–Trinajstić information content (AvgIpc) is 3.04. The number of H-pyrrole nitrogens is 1. The first-order chi connectivity index (χ1) is 14.4. The van der Waals surface area contributed by atoms with E-state index in [4.69, 9.17) is 14.8 Å². The van der Waals surface area contributed by atoms with E-state index in [1.807, 2.05) is 19.9 Å². The summed E-state index contributed by atoms with van der Waals surface area (Å²) in [4.78, 5) is 37.1. The molecule has 0 saturated carbocycles. The molecule has 0 radical (unpaired) electrons. The molecule has 0 atom stereocenters. The molecular formula is C19H21IN6O4. The predicted molar refractivity (Wildman–Crippen MR) is 118 cm³/mol. The number of halogens is 1. The molecule has 1 fully saturated rings. The lowest BCUT2D eigenvalue weighted by molar-refractivity contribution is 0.0804. The summed E-state index contributed by atoms with van der Waals surface area (Å²) in [6.07, 6.45) is 2.19. The summed E-state index contributed by atoms with van der Waals surface area (Å²) in [6, 6.07) is 1.77. The van der Waals surface area contributed by atoms with Gasteiger partial charge >= 0.3 is 6.09 Å². The maximum Gasteiger partial charge on any atom is 0.407 e. The van der Waals surface area contributed by atoms with Crippen LogP contribution in [0.3, 0.4) is 0 Å². The fourth-order valence-electron chi connectivity index (χ4n) is 3.47. The molecule has 2 N–H and O–H groups in total. The number of carboxylic acid groups (broad SMARTS) is 1. The lowest BCUT2D eigenvalue weighted by Crippen LogP contribution is -2.50. The van der Waals surface area contributed by atoms with Crippen molar-refractivity contribution >= 4 is 39.7 Å². The first-order valence-corrected chi connectivity index (χ1v) is 10.8. The van der Waals surface area contributed by atoms with Gasteiger partial charge in [0.2, 0.25) is 5.88 Å². The second-order valence-electron chi connectivity index (χ2n) is 7.05. The molecule has 1 saturated heterocycles. The van der Waals surface area contributed by atoms with E-state index in [0.717, 1.165) is 15.7 Å². The SMILES string of the molecule is CCCOc1ncc(I)cc1-c1nc2c(CC)n(C3CN(C(=O)O)C3)nc2c(=O)[nH]1. The van der Waals surface area contributed by atoms with Gasteiger partial charge in [0.1, 0.15) is 11.3 Å². The number of carbonyl (C=O) groups is 1. The molecule has 1 amide bonds. The molecule has 1 aliphatic rings. The minimum Gasteiger partial charge on any atom is -0.477 e. The van der Waals surface area contributed by atoms with Gasteiger partial charge in [-0.25, -0.2) is 14.8 Å². The lowest BCUT2D eigenvalue weighted by atomic mass is 10.1. The highest BCUT2D eigenvalue weighted by molar-refractivity contribution is 14.1. The van der Waals surface area contributed by atoms with Crippen LogP contribution in [-0.2, 0) is 6.42 Å². The third-order valence-corrected chi connectivity index (χ3v) is 5.57. The van der Waals surface area contributed by atoms with Gasteiger partial charge in [0, 0.05) is 22.9 Å². The normalized spacial score (nSPS) is 14.2. The van der Waals surface area contributed by atoms with Crippen molar-refractivity contribution in [3.63, 3.8) is 0 Å². The number of ether oxygens (including phenoxy) is 1. The fraction of sp³-hybridized carbons (Fsp3) is 0.421. The number of aromatic amines is 1. The van der Waals surface area contributed by atoms with Crippen LogP contribution in [0, 0.1) is 3.57 Å². The number of pyridine rings is 1. The van der Waals surface area contributed by atoms with Gasteiger partial charge in [0.25, 0.3) is 5.56 Å². The van der Waals surface area contributed by atoms with Crippen LogP contribution < -0.4 is 10.3 Å². The first kappa shape index (κ1) is 20.6. The summed E-state index contributed by atoms with van der Waals surface area (Å²) < 4.78 is 8.39. The Bertz CT molecular complexity index is 1170. The minimum atomic E-state index is -0.954. The third kappa shape index (κ3) is 3.61. The number of aromatic nitrogens is 5. The van der Waals surface area contributed by atoms with Crippen molar-refractivity contribution in [2.45, 2.75) is 32.7 Å². The van der Waals surface area contributed by atoms with Gasteiger partial charge in [0.15, 0.2) is 5.52 Å². The Morgan fingerprint density at radius 2 is 2.13 bits per heavy atom. The van der Waals surface area contributed by atoms with Crippen molar-refractivity contribution in [3.05, 3.63) is 31.9 Å². The minimum absolute atomic E-state index is 0.101. The van der Waals surface area contributed by atoms with Crippen molar-refractivity contribution in [3.8, 4) is 17.3 Å². The predicted octanol–water partition coefficient (Wildman–Crippen LogP) is 2.67. The maximum atomic E-state index is 12.8. The number of nitrogens with one attached hydrogen (secondary N) is 1. The van der Waals surface area contributed by atoms with Crippen LogP contribution in [0.5, 0.6) is 5.88 Å². The third-order valence-electron chi connectivity index (χ3n) is 4.98. The van der Waals surface area contributed by atoms with Crippen molar-refractivity contribution in [2.75, 3.05) is 19.7 Å². The standard InChI is InChI=1S/C19H21IN6O4/c1-3-5-30-18-12(6-10(20)7-21-18)16-22-14-13(4-2)26(24-15(14)17(27)23-16)11-8-25(9-11)19(28)29/h6-7,11H,3-5,8-9H2,1-2H3,(H,28,29)(H,22,23,27). The number of likely N-dealkylation sites (tertiary alicyclic amines) is 1. The zero-order valence-electron chi connectivity index (χ0n) is 16.6. The second-order valence-corrected chi connectivity index (χ2v) is 8.30. The molecule has 30 heavy (non-hydrogen) atoms. The monoisotopic (exact) mass is 524 g/mol. The Hall–Kier alpha value is -2.70. The van der Waals surface area contributed by atoms with Gasteiger partial charge < -0.3 is 19.7 Å². The average molecular weight is 524 g/mol. The van der Waals surface area contributed by atoms with Crippen molar-refractivity contribution in [1.82, 2.24) is 29.6 Å². The number of aryl methyl sites for hydroxylation is 1. The molecule has 0 aromatic carbocycles.